The van der Waals surface area contributed by atoms with Crippen LogP contribution in [0.1, 0.15) is 25.5 Å². The van der Waals surface area contributed by atoms with Gasteiger partial charge in [0.05, 0.1) is 17.8 Å². The summed E-state index contributed by atoms with van der Waals surface area (Å²) in [4.78, 5) is 11.7. The number of rotatable bonds is 6. The van der Waals surface area contributed by atoms with Crippen LogP contribution in [0.25, 0.3) is 10.9 Å². The van der Waals surface area contributed by atoms with Crippen LogP contribution < -0.4 is 10.1 Å². The molecule has 9 heteroatoms. The quantitative estimate of drug-likeness (QED) is 0.617. The molecule has 0 unspecified atom stereocenters. The maximum Gasteiger partial charge on any atom is 0.321 e. The Morgan fingerprint density at radius 3 is 2.50 bits per heavy atom. The number of nitrogens with one attached hydrogen (secondary N) is 2. The van der Waals surface area contributed by atoms with Crippen LogP contribution in [0.5, 0.6) is 5.75 Å². The number of carbonyl (C=O) groups is 1. The molecule has 0 saturated carbocycles. The van der Waals surface area contributed by atoms with Gasteiger partial charge in [0.2, 0.25) is 0 Å². The molecule has 5 nitrogen and oxygen atoms in total. The minimum Gasteiger partial charge on any atom is -0.484 e. The lowest BCUT2D eigenvalue weighted by Gasteiger charge is -2.27. The van der Waals surface area contributed by atoms with Crippen LogP contribution in [0.3, 0.4) is 0 Å². The largest absolute Gasteiger partial charge is 0.484 e. The van der Waals surface area contributed by atoms with E-state index in [0.29, 0.717) is 18.7 Å². The van der Waals surface area contributed by atoms with Crippen LogP contribution in [0.2, 0.25) is 0 Å². The number of aromatic nitrogens is 2. The van der Waals surface area contributed by atoms with E-state index in [0.717, 1.165) is 23.0 Å². The van der Waals surface area contributed by atoms with Gasteiger partial charge in [-0.2, -0.15) is 13.9 Å². The highest BCUT2D eigenvalue weighted by Gasteiger charge is 2.35. The smallest absolute Gasteiger partial charge is 0.321 e. The topological polar surface area (TPSA) is 67.0 Å². The summed E-state index contributed by atoms with van der Waals surface area (Å²) in [7, 11) is 0. The molecule has 28 heavy (non-hydrogen) atoms. The van der Waals surface area contributed by atoms with Gasteiger partial charge < -0.3 is 10.1 Å². The molecular formula is C19H17F4N3O2. The third kappa shape index (κ3) is 4.41. The van der Waals surface area contributed by atoms with E-state index in [-0.39, 0.29) is 5.56 Å². The molecule has 0 saturated heterocycles. The van der Waals surface area contributed by atoms with Crippen molar-refractivity contribution in [1.29, 1.82) is 0 Å². The maximum absolute atomic E-state index is 13.7. The summed E-state index contributed by atoms with van der Waals surface area (Å²) in [6, 6.07) is 6.62. The molecule has 0 fully saturated rings. The van der Waals surface area contributed by atoms with Crippen LogP contribution >= 0.6 is 0 Å². The molecule has 2 atom stereocenters. The molecule has 2 N–H and O–H groups in total. The monoisotopic (exact) mass is 395 g/mol. The van der Waals surface area contributed by atoms with Gasteiger partial charge in [-0.25, -0.2) is 8.78 Å². The summed E-state index contributed by atoms with van der Waals surface area (Å²) in [5.74, 6) is -6.52. The first-order valence-electron chi connectivity index (χ1n) is 8.38. The number of amides is 1. The fourth-order valence-corrected chi connectivity index (χ4v) is 2.75. The summed E-state index contributed by atoms with van der Waals surface area (Å²) in [6.07, 6.45) is 0.433. The molecule has 1 amide bonds. The van der Waals surface area contributed by atoms with Crippen molar-refractivity contribution >= 4 is 16.8 Å². The van der Waals surface area contributed by atoms with Gasteiger partial charge in [-0.05, 0) is 37.3 Å². The lowest BCUT2D eigenvalue weighted by Crippen LogP contribution is -2.46. The zero-order valence-electron chi connectivity index (χ0n) is 15.0. The molecule has 2 aromatic carbocycles. The Balaban J connectivity index is 1.94. The van der Waals surface area contributed by atoms with Crippen molar-refractivity contribution in [1.82, 2.24) is 15.5 Å². The minimum absolute atomic E-state index is 0.0528. The summed E-state index contributed by atoms with van der Waals surface area (Å²) < 4.78 is 59.7. The highest BCUT2D eigenvalue weighted by atomic mass is 19.3. The fourth-order valence-electron chi connectivity index (χ4n) is 2.75. The van der Waals surface area contributed by atoms with E-state index < -0.39 is 35.6 Å². The first-order chi connectivity index (χ1) is 13.1. The van der Waals surface area contributed by atoms with Crippen molar-refractivity contribution in [2.75, 3.05) is 0 Å². The van der Waals surface area contributed by atoms with Gasteiger partial charge in [0.15, 0.2) is 0 Å². The Morgan fingerprint density at radius 2 is 1.86 bits per heavy atom. The zero-order chi connectivity index (χ0) is 20.5. The number of hydrogen-bond acceptors (Lipinski definition) is 3. The molecule has 0 spiro atoms. The Labute approximate surface area is 157 Å². The second-order valence-electron chi connectivity index (χ2n) is 6.51. The molecule has 3 aromatic rings. The molecule has 1 aromatic heterocycles. The number of nitrogens with zero attached hydrogens (tertiary/aromatic N) is 1. The van der Waals surface area contributed by atoms with Gasteiger partial charge >= 0.3 is 5.92 Å². The molecule has 1 heterocycles. The Hall–Kier alpha value is -3.10. The Bertz CT molecular complexity index is 980. The van der Waals surface area contributed by atoms with E-state index in [1.54, 1.807) is 24.4 Å². The van der Waals surface area contributed by atoms with Gasteiger partial charge in [-0.15, -0.1) is 0 Å². The molecule has 0 aliphatic carbocycles. The number of carbonyl (C=O) groups excluding carboxylic acids is 1. The van der Waals surface area contributed by atoms with E-state index in [1.165, 1.54) is 6.92 Å². The number of benzene rings is 2. The van der Waals surface area contributed by atoms with Gasteiger partial charge in [0.25, 0.3) is 5.91 Å². The number of hydrogen-bond donors (Lipinski definition) is 2. The van der Waals surface area contributed by atoms with Gasteiger partial charge in [0.1, 0.15) is 23.5 Å². The lowest BCUT2D eigenvalue weighted by atomic mass is 10.0. The fraction of sp³-hybridized carbons (Fsp3) is 0.263. The first kappa shape index (κ1) is 19.7. The Morgan fingerprint density at radius 1 is 1.18 bits per heavy atom. The van der Waals surface area contributed by atoms with Crippen molar-refractivity contribution in [2.45, 2.75) is 31.9 Å². The summed E-state index contributed by atoms with van der Waals surface area (Å²) in [6.45, 7) is 1.87. The standard InChI is InChI=1S/C19H17F4N3O2/c1-10(25-18(27)19(2,22)23)17(11-5-13(20)8-14(21)6-11)28-15-3-4-16-12(7-15)9-24-26-16/h3-10,17H,1-2H3,(H,24,26)(H,25,27)/t10-,17-/m0/s1. The van der Waals surface area contributed by atoms with Crippen LogP contribution in [-0.4, -0.2) is 28.1 Å². The van der Waals surface area contributed by atoms with E-state index in [1.807, 2.05) is 0 Å². The van der Waals surface area contributed by atoms with Gasteiger partial charge in [-0.1, -0.05) is 0 Å². The van der Waals surface area contributed by atoms with Crippen molar-refractivity contribution in [3.05, 3.63) is 59.8 Å². The van der Waals surface area contributed by atoms with E-state index in [4.69, 9.17) is 4.74 Å². The van der Waals surface area contributed by atoms with Crippen LogP contribution in [0, 0.1) is 11.6 Å². The average Bonchev–Trinajstić information content (AvgIpc) is 3.05. The second-order valence-corrected chi connectivity index (χ2v) is 6.51. The highest BCUT2D eigenvalue weighted by Crippen LogP contribution is 2.29. The summed E-state index contributed by atoms with van der Waals surface area (Å²) in [5, 5.41) is 9.50. The molecular weight excluding hydrogens is 378 g/mol. The minimum atomic E-state index is -3.61. The van der Waals surface area contributed by atoms with Crippen molar-refractivity contribution in [3.8, 4) is 5.75 Å². The van der Waals surface area contributed by atoms with E-state index >= 15 is 0 Å². The highest BCUT2D eigenvalue weighted by molar-refractivity contribution is 5.83. The first-order valence-corrected chi connectivity index (χ1v) is 8.38. The van der Waals surface area contributed by atoms with Crippen LogP contribution in [0.4, 0.5) is 17.6 Å². The predicted molar refractivity (Wildman–Crippen MR) is 94.0 cm³/mol. The number of halogens is 4. The average molecular weight is 395 g/mol. The number of H-pyrrole nitrogens is 1. The molecule has 148 valence electrons. The Kier molecular flexibility index (Phi) is 5.26. The van der Waals surface area contributed by atoms with E-state index in [9.17, 15) is 22.4 Å². The third-order valence-corrected chi connectivity index (χ3v) is 4.10. The molecule has 0 bridgehead atoms. The summed E-state index contributed by atoms with van der Waals surface area (Å²) >= 11 is 0. The number of fused-ring (bicyclic) bond motifs is 1. The maximum atomic E-state index is 13.7. The number of ether oxygens (including phenoxy) is 1. The van der Waals surface area contributed by atoms with Crippen molar-refractivity contribution in [2.24, 2.45) is 0 Å². The van der Waals surface area contributed by atoms with Crippen molar-refractivity contribution in [3.63, 3.8) is 0 Å². The lowest BCUT2D eigenvalue weighted by molar-refractivity contribution is -0.144. The summed E-state index contributed by atoms with van der Waals surface area (Å²) in [5.41, 5.74) is 0.796. The molecule has 0 aliphatic heterocycles. The SMILES string of the molecule is C[C@H](NC(=O)C(C)(F)F)[C@H](Oc1ccc2[nH]ncc2c1)c1cc(F)cc(F)c1. The van der Waals surface area contributed by atoms with Crippen LogP contribution in [0.15, 0.2) is 42.6 Å². The molecule has 0 aliphatic rings. The number of aromatic amines is 1. The van der Waals surface area contributed by atoms with E-state index in [2.05, 4.69) is 15.5 Å². The normalized spacial score (nSPS) is 13.9. The van der Waals surface area contributed by atoms with Gasteiger partial charge in [0, 0.05) is 23.9 Å². The van der Waals surface area contributed by atoms with Crippen molar-refractivity contribution < 1.29 is 27.1 Å². The van der Waals surface area contributed by atoms with Gasteiger partial charge in [-0.3, -0.25) is 9.89 Å². The second kappa shape index (κ2) is 7.49. The predicted octanol–water partition coefficient (Wildman–Crippen LogP) is 4.12. The third-order valence-electron chi connectivity index (χ3n) is 4.10. The molecule has 3 rings (SSSR count). The van der Waals surface area contributed by atoms with Crippen LogP contribution in [-0.2, 0) is 4.79 Å². The molecule has 0 radical (unpaired) electrons. The zero-order valence-corrected chi connectivity index (χ0v) is 15.0. The number of alkyl halides is 2.